The van der Waals surface area contributed by atoms with Crippen molar-refractivity contribution < 1.29 is 29.4 Å². The van der Waals surface area contributed by atoms with E-state index >= 15 is 0 Å². The minimum Gasteiger partial charge on any atom is -0.480 e. The van der Waals surface area contributed by atoms with E-state index in [2.05, 4.69) is 25.9 Å². The fourth-order valence-electron chi connectivity index (χ4n) is 2.60. The van der Waals surface area contributed by atoms with Gasteiger partial charge in [0.1, 0.15) is 12.1 Å². The Morgan fingerprint density at radius 1 is 0.882 bits per heavy atom. The van der Waals surface area contributed by atoms with Crippen LogP contribution in [0.3, 0.4) is 0 Å². The number of carbonyl (C=O) groups is 4. The predicted molar refractivity (Wildman–Crippen MR) is 124 cm³/mol. The van der Waals surface area contributed by atoms with Gasteiger partial charge in [-0.3, -0.25) is 24.4 Å². The third-order valence-electron chi connectivity index (χ3n) is 4.37. The quantitative estimate of drug-likeness (QED) is 0.0556. The summed E-state index contributed by atoms with van der Waals surface area (Å²) in [7, 11) is 0. The van der Waals surface area contributed by atoms with Crippen LogP contribution < -0.4 is 44.6 Å². The maximum atomic E-state index is 12.5. The topological polar surface area (TPSA) is 300 Å². The molecule has 4 unspecified atom stereocenters. The summed E-state index contributed by atoms with van der Waals surface area (Å²) >= 11 is 0. The van der Waals surface area contributed by atoms with Crippen LogP contribution in [0.15, 0.2) is 9.98 Å². The van der Waals surface area contributed by atoms with Crippen molar-refractivity contribution in [2.45, 2.75) is 56.8 Å². The maximum absolute atomic E-state index is 12.5. The van der Waals surface area contributed by atoms with Crippen LogP contribution in [0.2, 0.25) is 0 Å². The normalized spacial score (nSPS) is 14.0. The van der Waals surface area contributed by atoms with Gasteiger partial charge in [0.2, 0.25) is 17.7 Å². The molecule has 0 aromatic heterocycles. The summed E-state index contributed by atoms with van der Waals surface area (Å²) in [6.45, 7) is 1.18. The molecule has 0 saturated carbocycles. The lowest BCUT2D eigenvalue weighted by molar-refractivity contribution is -0.143. The number of nitrogens with one attached hydrogen (secondary N) is 3. The molecular weight excluding hydrogens is 452 g/mol. The number of hydrogen-bond acceptors (Lipinski definition) is 8. The highest BCUT2D eigenvalue weighted by molar-refractivity contribution is 5.92. The highest BCUT2D eigenvalue weighted by atomic mass is 16.4. The molecule has 0 aliphatic heterocycles. The molecule has 0 bridgehead atoms. The second kappa shape index (κ2) is 16.0. The van der Waals surface area contributed by atoms with Crippen molar-refractivity contribution in [1.29, 1.82) is 0 Å². The molecule has 0 radical (unpaired) electrons. The van der Waals surface area contributed by atoms with Crippen molar-refractivity contribution >= 4 is 35.6 Å². The van der Waals surface area contributed by atoms with Crippen LogP contribution in [0.5, 0.6) is 0 Å². The lowest BCUT2D eigenvalue weighted by atomic mass is 10.1. The van der Waals surface area contributed by atoms with Gasteiger partial charge >= 0.3 is 5.97 Å². The zero-order valence-electron chi connectivity index (χ0n) is 19.1. The lowest BCUT2D eigenvalue weighted by Crippen LogP contribution is -2.57. The van der Waals surface area contributed by atoms with E-state index in [-0.39, 0.29) is 37.7 Å². The molecule has 16 heteroatoms. The number of aliphatic hydroxyl groups is 1. The van der Waals surface area contributed by atoms with Crippen LogP contribution in [0.1, 0.15) is 32.6 Å². The number of amides is 3. The molecular formula is C18H36N10O6. The monoisotopic (exact) mass is 488 g/mol. The van der Waals surface area contributed by atoms with Gasteiger partial charge in [-0.25, -0.2) is 4.79 Å². The second-order valence-electron chi connectivity index (χ2n) is 7.41. The van der Waals surface area contributed by atoms with Crippen molar-refractivity contribution in [3.05, 3.63) is 0 Å². The minimum atomic E-state index is -1.46. The highest BCUT2D eigenvalue weighted by Crippen LogP contribution is 2.02. The Morgan fingerprint density at radius 2 is 1.41 bits per heavy atom. The number of aliphatic carboxylic acids is 1. The molecule has 3 amide bonds. The third kappa shape index (κ3) is 13.7. The zero-order chi connectivity index (χ0) is 26.3. The average Bonchev–Trinajstić information content (AvgIpc) is 2.74. The summed E-state index contributed by atoms with van der Waals surface area (Å²) in [5, 5.41) is 26.0. The van der Waals surface area contributed by atoms with Crippen LogP contribution >= 0.6 is 0 Å². The second-order valence-corrected chi connectivity index (χ2v) is 7.41. The summed E-state index contributed by atoms with van der Waals surface area (Å²) in [6.07, 6.45) is -0.370. The van der Waals surface area contributed by atoms with Crippen molar-refractivity contribution in [3.63, 3.8) is 0 Å². The fraction of sp³-hybridized carbons (Fsp3) is 0.667. The number of aliphatic hydroxyl groups excluding tert-OH is 1. The largest absolute Gasteiger partial charge is 0.480 e. The van der Waals surface area contributed by atoms with Gasteiger partial charge in [-0.15, -0.1) is 0 Å². The van der Waals surface area contributed by atoms with Crippen molar-refractivity contribution in [1.82, 2.24) is 16.0 Å². The van der Waals surface area contributed by atoms with E-state index < -0.39 is 54.5 Å². The average molecular weight is 489 g/mol. The maximum Gasteiger partial charge on any atom is 0.326 e. The van der Waals surface area contributed by atoms with Gasteiger partial charge in [0, 0.05) is 13.1 Å². The number of nitrogens with zero attached hydrogens (tertiary/aromatic N) is 2. The molecule has 0 spiro atoms. The summed E-state index contributed by atoms with van der Waals surface area (Å²) in [4.78, 5) is 55.5. The molecule has 0 saturated heterocycles. The molecule has 194 valence electrons. The van der Waals surface area contributed by atoms with Crippen LogP contribution in [0, 0.1) is 0 Å². The molecule has 15 N–H and O–H groups in total. The smallest absolute Gasteiger partial charge is 0.326 e. The van der Waals surface area contributed by atoms with Crippen LogP contribution in [0.25, 0.3) is 0 Å². The first-order valence-electron chi connectivity index (χ1n) is 10.5. The first-order valence-corrected chi connectivity index (χ1v) is 10.5. The molecule has 0 aromatic carbocycles. The Labute approximate surface area is 196 Å². The van der Waals surface area contributed by atoms with E-state index in [1.165, 1.54) is 6.92 Å². The molecule has 16 nitrogen and oxygen atoms in total. The van der Waals surface area contributed by atoms with Crippen molar-refractivity contribution in [2.24, 2.45) is 38.7 Å². The molecule has 34 heavy (non-hydrogen) atoms. The number of carboxylic acid groups (broad SMARTS) is 1. The number of aliphatic imine (C=N–C) groups is 2. The zero-order valence-corrected chi connectivity index (χ0v) is 19.1. The van der Waals surface area contributed by atoms with Crippen LogP contribution in [-0.2, 0) is 19.2 Å². The standard InChI is InChI=1S/C18H36N10O6/c1-9(29)13(15(32)27-11(16(33)34)5-3-7-25-18(22)23)28-12(30)8-26-14(31)10(19)4-2-6-24-17(20)21/h9-11,13,29H,2-8,19H2,1H3,(H,26,31)(H,27,32)(H,28,30)(H,33,34)(H4,20,21,24)(H4,22,23,25). The third-order valence-corrected chi connectivity index (χ3v) is 4.37. The fourth-order valence-corrected chi connectivity index (χ4v) is 2.60. The molecule has 4 atom stereocenters. The number of hydrogen-bond donors (Lipinski definition) is 10. The lowest BCUT2D eigenvalue weighted by Gasteiger charge is -2.23. The van der Waals surface area contributed by atoms with Crippen molar-refractivity contribution in [3.8, 4) is 0 Å². The van der Waals surface area contributed by atoms with Gasteiger partial charge in [0.05, 0.1) is 18.7 Å². The Morgan fingerprint density at radius 3 is 1.88 bits per heavy atom. The predicted octanol–water partition coefficient (Wildman–Crippen LogP) is -5.03. The Kier molecular flexibility index (Phi) is 14.3. The number of rotatable bonds is 16. The first kappa shape index (κ1) is 30.3. The Balaban J connectivity index is 4.72. The van der Waals surface area contributed by atoms with E-state index in [1.54, 1.807) is 0 Å². The summed E-state index contributed by atoms with van der Waals surface area (Å²) in [6, 6.07) is -3.66. The number of carboxylic acids is 1. The van der Waals surface area contributed by atoms with Gasteiger partial charge in [-0.2, -0.15) is 0 Å². The van der Waals surface area contributed by atoms with Crippen LogP contribution in [0.4, 0.5) is 0 Å². The molecule has 0 rings (SSSR count). The van der Waals surface area contributed by atoms with Gasteiger partial charge in [-0.05, 0) is 32.6 Å². The minimum absolute atomic E-state index is 0.00938. The molecule has 0 heterocycles. The van der Waals surface area contributed by atoms with E-state index in [4.69, 9.17) is 28.7 Å². The molecule has 0 aliphatic rings. The SMILES string of the molecule is CC(O)C(NC(=O)CNC(=O)C(N)CCCN=C(N)N)C(=O)NC(CCCN=C(N)N)C(=O)O. The molecule has 0 aliphatic carbocycles. The summed E-state index contributed by atoms with van der Waals surface area (Å²) in [5.74, 6) is -3.85. The summed E-state index contributed by atoms with van der Waals surface area (Å²) in [5.41, 5.74) is 26.5. The van der Waals surface area contributed by atoms with E-state index in [0.29, 0.717) is 13.0 Å². The van der Waals surface area contributed by atoms with Gasteiger partial charge in [0.25, 0.3) is 0 Å². The van der Waals surface area contributed by atoms with Crippen molar-refractivity contribution in [2.75, 3.05) is 19.6 Å². The Hall–Kier alpha value is -3.66. The molecule has 0 aromatic rings. The van der Waals surface area contributed by atoms with Gasteiger partial charge in [-0.1, -0.05) is 0 Å². The Bertz CT molecular complexity index is 750. The number of nitrogens with two attached hydrogens (primary N) is 5. The van der Waals surface area contributed by atoms with E-state index in [9.17, 15) is 29.4 Å². The number of guanidine groups is 2. The van der Waals surface area contributed by atoms with Gasteiger partial charge in [0.15, 0.2) is 11.9 Å². The van der Waals surface area contributed by atoms with E-state index in [0.717, 1.165) is 0 Å². The summed E-state index contributed by atoms with van der Waals surface area (Å²) < 4.78 is 0. The van der Waals surface area contributed by atoms with E-state index in [1.807, 2.05) is 0 Å². The molecule has 0 fully saturated rings. The van der Waals surface area contributed by atoms with Gasteiger partial charge < -0.3 is 54.8 Å². The van der Waals surface area contributed by atoms with Crippen LogP contribution in [-0.4, -0.2) is 89.7 Å². The first-order chi connectivity index (χ1) is 15.8. The number of carbonyl (C=O) groups excluding carboxylic acids is 3. The highest BCUT2D eigenvalue weighted by Gasteiger charge is 2.29.